The highest BCUT2D eigenvalue weighted by Gasteiger charge is 2.24. The minimum Gasteiger partial charge on any atom is -0.325 e. The number of benzene rings is 1. The van der Waals surface area contributed by atoms with Gasteiger partial charge in [0, 0.05) is 5.69 Å². The summed E-state index contributed by atoms with van der Waals surface area (Å²) in [5.74, 6) is -0.119. The number of piperidine rings is 1. The Kier molecular flexibility index (Phi) is 4.19. The van der Waals surface area contributed by atoms with Gasteiger partial charge in [0.15, 0.2) is 0 Å². The molecule has 3 nitrogen and oxygen atoms in total. The van der Waals surface area contributed by atoms with Gasteiger partial charge >= 0.3 is 0 Å². The van der Waals surface area contributed by atoms with Gasteiger partial charge in [-0.15, -0.1) is 0 Å². The van der Waals surface area contributed by atoms with Gasteiger partial charge in [-0.05, 0) is 43.5 Å². The fourth-order valence-corrected chi connectivity index (χ4v) is 2.23. The molecule has 0 spiro atoms. The van der Waals surface area contributed by atoms with Crippen LogP contribution in [-0.2, 0) is 4.79 Å². The lowest BCUT2D eigenvalue weighted by molar-refractivity contribution is -0.119. The van der Waals surface area contributed by atoms with E-state index in [0.717, 1.165) is 19.4 Å². The second-order valence-electron chi connectivity index (χ2n) is 4.75. The molecule has 2 N–H and O–H groups in total. The highest BCUT2D eigenvalue weighted by Crippen LogP contribution is 2.20. The number of carbonyl (C=O) groups is 1. The predicted molar refractivity (Wildman–Crippen MR) is 70.2 cm³/mol. The van der Waals surface area contributed by atoms with Gasteiger partial charge in [-0.3, -0.25) is 4.79 Å². The van der Waals surface area contributed by atoms with Crippen molar-refractivity contribution in [3.8, 4) is 0 Å². The molecule has 5 heteroatoms. The lowest BCUT2D eigenvalue weighted by Gasteiger charge is -2.27. The maximum atomic E-state index is 13.2. The Bertz CT molecular complexity index is 453. The van der Waals surface area contributed by atoms with E-state index in [-0.39, 0.29) is 17.0 Å². The number of amides is 1. The lowest BCUT2D eigenvalue weighted by atomic mass is 9.94. The highest BCUT2D eigenvalue weighted by atomic mass is 35.5. The molecule has 0 aromatic heterocycles. The summed E-state index contributed by atoms with van der Waals surface area (Å²) in [6, 6.07) is 4.05. The van der Waals surface area contributed by atoms with Crippen LogP contribution in [0.4, 0.5) is 10.1 Å². The van der Waals surface area contributed by atoms with Crippen LogP contribution in [0.5, 0.6) is 0 Å². The monoisotopic (exact) mass is 270 g/mol. The molecule has 1 aromatic carbocycles. The van der Waals surface area contributed by atoms with Gasteiger partial charge in [0.05, 0.1) is 11.1 Å². The summed E-state index contributed by atoms with van der Waals surface area (Å²) in [7, 11) is 0. The molecular weight excluding hydrogens is 255 g/mol. The number of anilines is 1. The van der Waals surface area contributed by atoms with Gasteiger partial charge in [0.2, 0.25) is 5.91 Å². The van der Waals surface area contributed by atoms with Crippen LogP contribution in [0.1, 0.15) is 19.8 Å². The fraction of sp³-hybridized carbons (Fsp3) is 0.462. The van der Waals surface area contributed by atoms with Crippen molar-refractivity contribution in [2.75, 3.05) is 11.9 Å². The molecule has 0 aliphatic carbocycles. The summed E-state index contributed by atoms with van der Waals surface area (Å²) in [6.45, 7) is 2.97. The maximum Gasteiger partial charge on any atom is 0.241 e. The molecule has 0 bridgehead atoms. The van der Waals surface area contributed by atoms with E-state index >= 15 is 0 Å². The van der Waals surface area contributed by atoms with Gasteiger partial charge in [-0.2, -0.15) is 0 Å². The molecule has 18 heavy (non-hydrogen) atoms. The van der Waals surface area contributed by atoms with Crippen molar-refractivity contribution in [1.82, 2.24) is 5.32 Å². The van der Waals surface area contributed by atoms with Crippen molar-refractivity contribution < 1.29 is 9.18 Å². The topological polar surface area (TPSA) is 41.1 Å². The van der Waals surface area contributed by atoms with Gasteiger partial charge in [0.1, 0.15) is 5.82 Å². The van der Waals surface area contributed by atoms with Crippen molar-refractivity contribution in [2.45, 2.75) is 25.8 Å². The third kappa shape index (κ3) is 3.21. The minimum absolute atomic E-state index is 0.0532. The zero-order valence-corrected chi connectivity index (χ0v) is 10.9. The van der Waals surface area contributed by atoms with Crippen LogP contribution in [0.15, 0.2) is 18.2 Å². The molecule has 1 aliphatic heterocycles. The smallest absolute Gasteiger partial charge is 0.241 e. The zero-order chi connectivity index (χ0) is 13.1. The Balaban J connectivity index is 2.00. The first kappa shape index (κ1) is 13.3. The molecule has 2 unspecified atom stereocenters. The first-order valence-electron chi connectivity index (χ1n) is 6.05. The average Bonchev–Trinajstić information content (AvgIpc) is 2.34. The number of hydrogen-bond donors (Lipinski definition) is 2. The second-order valence-corrected chi connectivity index (χ2v) is 5.16. The Morgan fingerprint density at radius 3 is 3.00 bits per heavy atom. The molecule has 1 saturated heterocycles. The van der Waals surface area contributed by atoms with Crippen molar-refractivity contribution in [1.29, 1.82) is 0 Å². The van der Waals surface area contributed by atoms with Gasteiger partial charge < -0.3 is 10.6 Å². The van der Waals surface area contributed by atoms with Crippen LogP contribution >= 0.6 is 11.6 Å². The number of hydrogen-bond acceptors (Lipinski definition) is 2. The summed E-state index contributed by atoms with van der Waals surface area (Å²) in [5.41, 5.74) is 0.432. The van der Waals surface area contributed by atoms with E-state index in [1.807, 2.05) is 0 Å². The summed E-state index contributed by atoms with van der Waals surface area (Å²) in [5, 5.41) is 5.92. The first-order chi connectivity index (χ1) is 8.56. The number of halogens is 2. The van der Waals surface area contributed by atoms with Crippen molar-refractivity contribution in [2.24, 2.45) is 5.92 Å². The maximum absolute atomic E-state index is 13.2. The van der Waals surface area contributed by atoms with Crippen LogP contribution in [0.2, 0.25) is 5.02 Å². The summed E-state index contributed by atoms with van der Waals surface area (Å²) >= 11 is 5.58. The van der Waals surface area contributed by atoms with Crippen LogP contribution in [0.3, 0.4) is 0 Å². The molecule has 2 rings (SSSR count). The van der Waals surface area contributed by atoms with E-state index in [0.29, 0.717) is 11.6 Å². The van der Waals surface area contributed by atoms with Gasteiger partial charge in [-0.1, -0.05) is 18.5 Å². The molecule has 1 aliphatic rings. The van der Waals surface area contributed by atoms with E-state index in [1.165, 1.54) is 12.1 Å². The predicted octanol–water partition coefficient (Wildman–Crippen LogP) is 2.81. The molecular formula is C13H16ClFN2O. The molecule has 1 amide bonds. The first-order valence-corrected chi connectivity index (χ1v) is 6.43. The summed E-state index contributed by atoms with van der Waals surface area (Å²) < 4.78 is 13.2. The molecule has 1 heterocycles. The van der Waals surface area contributed by atoms with E-state index in [1.54, 1.807) is 6.07 Å². The van der Waals surface area contributed by atoms with E-state index in [2.05, 4.69) is 17.6 Å². The summed E-state index contributed by atoms with van der Waals surface area (Å²) in [4.78, 5) is 12.0. The van der Waals surface area contributed by atoms with E-state index in [9.17, 15) is 9.18 Å². The second kappa shape index (κ2) is 5.67. The van der Waals surface area contributed by atoms with Crippen LogP contribution in [0, 0.1) is 11.7 Å². The number of carbonyl (C=O) groups excluding carboxylic acids is 1. The lowest BCUT2D eigenvalue weighted by Crippen LogP contribution is -2.45. The van der Waals surface area contributed by atoms with Gasteiger partial charge in [0.25, 0.3) is 0 Å². The Morgan fingerprint density at radius 2 is 2.33 bits per heavy atom. The quantitative estimate of drug-likeness (QED) is 0.868. The highest BCUT2D eigenvalue weighted by molar-refractivity contribution is 6.30. The Morgan fingerprint density at radius 1 is 1.56 bits per heavy atom. The van der Waals surface area contributed by atoms with E-state index < -0.39 is 5.82 Å². The Hall–Kier alpha value is -1.13. The standard InChI is InChI=1S/C13H16ClFN2O/c1-8-4-5-16-12(6-8)13(18)17-9-2-3-10(14)11(15)7-9/h2-3,7-8,12,16H,4-6H2,1H3,(H,17,18). The third-order valence-corrected chi connectivity index (χ3v) is 3.48. The molecule has 2 atom stereocenters. The van der Waals surface area contributed by atoms with Crippen molar-refractivity contribution in [3.63, 3.8) is 0 Å². The molecule has 98 valence electrons. The van der Waals surface area contributed by atoms with Crippen LogP contribution in [-0.4, -0.2) is 18.5 Å². The normalized spacial score (nSPS) is 23.7. The van der Waals surface area contributed by atoms with Crippen molar-refractivity contribution in [3.05, 3.63) is 29.0 Å². The molecule has 1 fully saturated rings. The van der Waals surface area contributed by atoms with Crippen LogP contribution < -0.4 is 10.6 Å². The molecule has 1 aromatic rings. The van der Waals surface area contributed by atoms with Crippen LogP contribution in [0.25, 0.3) is 0 Å². The average molecular weight is 271 g/mol. The van der Waals surface area contributed by atoms with Gasteiger partial charge in [-0.25, -0.2) is 4.39 Å². The number of rotatable bonds is 2. The minimum atomic E-state index is -0.528. The third-order valence-electron chi connectivity index (χ3n) is 3.17. The summed E-state index contributed by atoms with van der Waals surface area (Å²) in [6.07, 6.45) is 1.89. The molecule has 0 saturated carbocycles. The number of nitrogens with one attached hydrogen (secondary N) is 2. The Labute approximate surface area is 111 Å². The largest absolute Gasteiger partial charge is 0.325 e. The molecule has 0 radical (unpaired) electrons. The fourth-order valence-electron chi connectivity index (χ4n) is 2.11. The SMILES string of the molecule is CC1CCNC(C(=O)Nc2ccc(Cl)c(F)c2)C1. The zero-order valence-electron chi connectivity index (χ0n) is 10.2. The van der Waals surface area contributed by atoms with Crippen molar-refractivity contribution >= 4 is 23.2 Å². The van der Waals surface area contributed by atoms with E-state index in [4.69, 9.17) is 11.6 Å².